The standard InChI is InChI=1S/C17H28N2/c1-5-13(2)12-19(4)17-9-6-14(3)10-15(17)11-18-16-7-8-16/h6,9-10,13,16,18H,5,7-8,11-12H2,1-4H3. The Bertz CT molecular complexity index is 410. The molecule has 0 saturated heterocycles. The van der Waals surface area contributed by atoms with Crippen LogP contribution in [0.1, 0.15) is 44.2 Å². The van der Waals surface area contributed by atoms with Gasteiger partial charge in [-0.15, -0.1) is 0 Å². The van der Waals surface area contributed by atoms with Crippen molar-refractivity contribution in [3.05, 3.63) is 29.3 Å². The third-order valence-electron chi connectivity index (χ3n) is 4.09. The van der Waals surface area contributed by atoms with Crippen molar-refractivity contribution in [3.63, 3.8) is 0 Å². The summed E-state index contributed by atoms with van der Waals surface area (Å²) in [4.78, 5) is 2.41. The van der Waals surface area contributed by atoms with Crippen LogP contribution in [0.15, 0.2) is 18.2 Å². The molecule has 1 aliphatic rings. The lowest BCUT2D eigenvalue weighted by Crippen LogP contribution is -2.26. The van der Waals surface area contributed by atoms with Gasteiger partial charge in [-0.25, -0.2) is 0 Å². The van der Waals surface area contributed by atoms with E-state index in [-0.39, 0.29) is 0 Å². The first-order chi connectivity index (χ1) is 9.10. The molecule has 0 aliphatic heterocycles. The Kier molecular flexibility index (Phi) is 4.87. The van der Waals surface area contributed by atoms with Gasteiger partial charge in [-0.3, -0.25) is 0 Å². The van der Waals surface area contributed by atoms with Crippen LogP contribution < -0.4 is 10.2 Å². The molecule has 1 aromatic carbocycles. The molecule has 0 radical (unpaired) electrons. The topological polar surface area (TPSA) is 15.3 Å². The fourth-order valence-electron chi connectivity index (χ4n) is 2.46. The van der Waals surface area contributed by atoms with Gasteiger partial charge in [0.05, 0.1) is 0 Å². The Balaban J connectivity index is 2.07. The van der Waals surface area contributed by atoms with Gasteiger partial charge in [-0.05, 0) is 37.3 Å². The Morgan fingerprint density at radius 3 is 2.74 bits per heavy atom. The predicted molar refractivity (Wildman–Crippen MR) is 83.8 cm³/mol. The highest BCUT2D eigenvalue weighted by Crippen LogP contribution is 2.25. The molecule has 2 rings (SSSR count). The molecule has 0 heterocycles. The Labute approximate surface area is 118 Å². The van der Waals surface area contributed by atoms with Crippen LogP contribution in [0.2, 0.25) is 0 Å². The van der Waals surface area contributed by atoms with Crippen LogP contribution in [0, 0.1) is 12.8 Å². The minimum atomic E-state index is 0.746. The largest absolute Gasteiger partial charge is 0.374 e. The van der Waals surface area contributed by atoms with E-state index in [1.165, 1.54) is 36.1 Å². The SMILES string of the molecule is CCC(C)CN(C)c1ccc(C)cc1CNC1CC1. The predicted octanol–water partition coefficient (Wildman–Crippen LogP) is 3.73. The zero-order chi connectivity index (χ0) is 13.8. The number of hydrogen-bond donors (Lipinski definition) is 1. The van der Waals surface area contributed by atoms with Crippen molar-refractivity contribution >= 4 is 5.69 Å². The van der Waals surface area contributed by atoms with Crippen LogP contribution in [0.4, 0.5) is 5.69 Å². The molecule has 1 saturated carbocycles. The molecule has 1 aromatic rings. The molecule has 0 bridgehead atoms. The first-order valence-corrected chi connectivity index (χ1v) is 7.64. The molecule has 0 aromatic heterocycles. The molecule has 0 amide bonds. The number of nitrogens with one attached hydrogen (secondary N) is 1. The third-order valence-corrected chi connectivity index (χ3v) is 4.09. The maximum absolute atomic E-state index is 3.64. The smallest absolute Gasteiger partial charge is 0.0409 e. The van der Waals surface area contributed by atoms with Crippen LogP contribution in [-0.4, -0.2) is 19.6 Å². The number of aryl methyl sites for hydroxylation is 1. The van der Waals surface area contributed by atoms with E-state index in [0.717, 1.165) is 25.0 Å². The lowest BCUT2D eigenvalue weighted by molar-refractivity contribution is 0.558. The average molecular weight is 260 g/mol. The van der Waals surface area contributed by atoms with E-state index >= 15 is 0 Å². The summed E-state index contributed by atoms with van der Waals surface area (Å²) in [5.74, 6) is 0.746. The van der Waals surface area contributed by atoms with Crippen LogP contribution in [0.5, 0.6) is 0 Å². The summed E-state index contributed by atoms with van der Waals surface area (Å²) in [6, 6.07) is 7.61. The highest BCUT2D eigenvalue weighted by atomic mass is 15.1. The van der Waals surface area contributed by atoms with E-state index in [0.29, 0.717) is 0 Å². The quantitative estimate of drug-likeness (QED) is 0.803. The summed E-state index contributed by atoms with van der Waals surface area (Å²) in [6.07, 6.45) is 3.94. The summed E-state index contributed by atoms with van der Waals surface area (Å²) in [6.45, 7) is 8.91. The van der Waals surface area contributed by atoms with E-state index in [1.807, 2.05) is 0 Å². The summed E-state index contributed by atoms with van der Waals surface area (Å²) in [7, 11) is 2.22. The fourth-order valence-corrected chi connectivity index (χ4v) is 2.46. The zero-order valence-electron chi connectivity index (χ0n) is 12.9. The minimum absolute atomic E-state index is 0.746. The van der Waals surface area contributed by atoms with Crippen molar-refractivity contribution < 1.29 is 0 Å². The Morgan fingerprint density at radius 1 is 1.37 bits per heavy atom. The molecule has 1 fully saturated rings. The minimum Gasteiger partial charge on any atom is -0.374 e. The summed E-state index contributed by atoms with van der Waals surface area (Å²) in [5.41, 5.74) is 4.19. The molecule has 2 nitrogen and oxygen atoms in total. The van der Waals surface area contributed by atoms with Crippen molar-refractivity contribution in [2.75, 3.05) is 18.5 Å². The van der Waals surface area contributed by atoms with Crippen LogP contribution in [0.25, 0.3) is 0 Å². The first kappa shape index (κ1) is 14.4. The maximum Gasteiger partial charge on any atom is 0.0409 e. The second kappa shape index (κ2) is 6.42. The van der Waals surface area contributed by atoms with Crippen molar-refractivity contribution in [2.45, 2.75) is 52.6 Å². The van der Waals surface area contributed by atoms with Gasteiger partial charge in [0.15, 0.2) is 0 Å². The molecule has 1 aliphatic carbocycles. The van der Waals surface area contributed by atoms with Crippen molar-refractivity contribution in [1.82, 2.24) is 5.32 Å². The normalized spacial score (nSPS) is 16.4. The molecule has 1 unspecified atom stereocenters. The number of hydrogen-bond acceptors (Lipinski definition) is 2. The monoisotopic (exact) mass is 260 g/mol. The van der Waals surface area contributed by atoms with Crippen molar-refractivity contribution in [2.24, 2.45) is 5.92 Å². The number of anilines is 1. The van der Waals surface area contributed by atoms with Gasteiger partial charge >= 0.3 is 0 Å². The second-order valence-corrected chi connectivity index (χ2v) is 6.18. The summed E-state index contributed by atoms with van der Waals surface area (Å²) in [5, 5.41) is 3.64. The van der Waals surface area contributed by atoms with Gasteiger partial charge in [0.25, 0.3) is 0 Å². The number of rotatable bonds is 7. The van der Waals surface area contributed by atoms with E-state index in [4.69, 9.17) is 0 Å². The average Bonchev–Trinajstić information content (AvgIpc) is 3.20. The van der Waals surface area contributed by atoms with E-state index < -0.39 is 0 Å². The number of nitrogens with zero attached hydrogens (tertiary/aromatic N) is 1. The van der Waals surface area contributed by atoms with Gasteiger partial charge in [-0.1, -0.05) is 38.0 Å². The fraction of sp³-hybridized carbons (Fsp3) is 0.647. The van der Waals surface area contributed by atoms with E-state index in [2.05, 4.69) is 56.2 Å². The molecular weight excluding hydrogens is 232 g/mol. The van der Waals surface area contributed by atoms with E-state index in [9.17, 15) is 0 Å². The van der Waals surface area contributed by atoms with Gasteiger partial charge in [0.2, 0.25) is 0 Å². The third kappa shape index (κ3) is 4.24. The van der Waals surface area contributed by atoms with Crippen LogP contribution in [0.3, 0.4) is 0 Å². The van der Waals surface area contributed by atoms with Gasteiger partial charge in [0, 0.05) is 31.9 Å². The lowest BCUT2D eigenvalue weighted by atomic mass is 10.1. The van der Waals surface area contributed by atoms with Gasteiger partial charge in [-0.2, -0.15) is 0 Å². The molecule has 1 atom stereocenters. The number of benzene rings is 1. The summed E-state index contributed by atoms with van der Waals surface area (Å²) >= 11 is 0. The molecule has 1 N–H and O–H groups in total. The van der Waals surface area contributed by atoms with Crippen LogP contribution >= 0.6 is 0 Å². The molecular formula is C17H28N2. The molecule has 0 spiro atoms. The Morgan fingerprint density at radius 2 is 2.11 bits per heavy atom. The molecule has 2 heteroatoms. The Hall–Kier alpha value is -1.02. The second-order valence-electron chi connectivity index (χ2n) is 6.18. The van der Waals surface area contributed by atoms with Crippen molar-refractivity contribution in [3.8, 4) is 0 Å². The maximum atomic E-state index is 3.64. The zero-order valence-corrected chi connectivity index (χ0v) is 12.9. The van der Waals surface area contributed by atoms with Gasteiger partial charge < -0.3 is 10.2 Å². The van der Waals surface area contributed by atoms with Crippen molar-refractivity contribution in [1.29, 1.82) is 0 Å². The van der Waals surface area contributed by atoms with Gasteiger partial charge in [0.1, 0.15) is 0 Å². The van der Waals surface area contributed by atoms with Crippen LogP contribution in [-0.2, 0) is 6.54 Å². The lowest BCUT2D eigenvalue weighted by Gasteiger charge is -2.26. The molecule has 106 valence electrons. The molecule has 19 heavy (non-hydrogen) atoms. The highest BCUT2D eigenvalue weighted by Gasteiger charge is 2.21. The summed E-state index contributed by atoms with van der Waals surface area (Å²) < 4.78 is 0. The van der Waals surface area contributed by atoms with E-state index in [1.54, 1.807) is 0 Å². The first-order valence-electron chi connectivity index (χ1n) is 7.64. The highest BCUT2D eigenvalue weighted by molar-refractivity contribution is 5.54.